The number of hydrogen-bond acceptors (Lipinski definition) is 9. The molecule has 2 aromatic rings. The van der Waals surface area contributed by atoms with E-state index in [1.807, 2.05) is 13.2 Å². The van der Waals surface area contributed by atoms with E-state index in [1.54, 1.807) is 39.7 Å². The lowest BCUT2D eigenvalue weighted by molar-refractivity contribution is -0.173. The Labute approximate surface area is 223 Å². The van der Waals surface area contributed by atoms with Crippen molar-refractivity contribution in [3.8, 4) is 11.8 Å². The first-order valence-electron chi connectivity index (χ1n) is 11.2. The van der Waals surface area contributed by atoms with Crippen molar-refractivity contribution in [1.29, 1.82) is 0 Å². The van der Waals surface area contributed by atoms with Gasteiger partial charge in [0, 0.05) is 26.7 Å². The number of nitrogens with one attached hydrogen (secondary N) is 2. The van der Waals surface area contributed by atoms with Crippen LogP contribution in [0.4, 0.5) is 19.1 Å². The van der Waals surface area contributed by atoms with Crippen LogP contribution in [0.3, 0.4) is 0 Å². The summed E-state index contributed by atoms with van der Waals surface area (Å²) in [5.74, 6) is 2.96. The summed E-state index contributed by atoms with van der Waals surface area (Å²) >= 11 is 0. The van der Waals surface area contributed by atoms with Crippen LogP contribution in [0.25, 0.3) is 11.0 Å². The minimum atomic E-state index is -5.03. The molecular formula is C22H27F3N6O5S2. The van der Waals surface area contributed by atoms with Crippen molar-refractivity contribution in [2.75, 3.05) is 33.5 Å². The molecule has 0 aromatic carbocycles. The van der Waals surface area contributed by atoms with Crippen molar-refractivity contribution in [1.82, 2.24) is 24.8 Å². The maximum atomic E-state index is 13.0. The Morgan fingerprint density at radius 3 is 2.89 bits per heavy atom. The standard InChI is InChI=1S/C22H27F3N6O5S2/c1-12(38-37-4)35-14-8-16(36-15(14)10-32)31-9-13(6-5-7-26-20(34)22(23,24)25)17-18(31)28-21(29-19(17)33)27-11-30(2)3/h9,11-12,14-16,32H,7-8,10H2,1-4H3,(H,26,34)(H,28,29,33)/b27-11-/t12-,14?,15-,16-/m1/s1. The number of carbonyl (C=O) groups excluding carboxylic acids is 1. The number of aliphatic imine (C=N–C) groups is 1. The molecule has 0 radical (unpaired) electrons. The Bertz CT molecular complexity index is 1290. The number of nitrogens with zero attached hydrogens (tertiary/aromatic N) is 4. The van der Waals surface area contributed by atoms with Crippen LogP contribution in [0.1, 0.15) is 25.1 Å². The van der Waals surface area contributed by atoms with Crippen molar-refractivity contribution in [2.45, 2.75) is 43.4 Å². The molecule has 208 valence electrons. The molecule has 38 heavy (non-hydrogen) atoms. The Morgan fingerprint density at radius 2 is 2.26 bits per heavy atom. The molecule has 4 atom stereocenters. The quantitative estimate of drug-likeness (QED) is 0.135. The zero-order valence-corrected chi connectivity index (χ0v) is 22.5. The molecule has 16 heteroatoms. The summed E-state index contributed by atoms with van der Waals surface area (Å²) in [6, 6.07) is 0. The Balaban J connectivity index is 1.99. The van der Waals surface area contributed by atoms with Crippen LogP contribution in [-0.2, 0) is 14.3 Å². The van der Waals surface area contributed by atoms with E-state index < -0.39 is 42.6 Å². The molecule has 1 aliphatic heterocycles. The first kappa shape index (κ1) is 29.8. The van der Waals surface area contributed by atoms with E-state index in [4.69, 9.17) is 9.47 Å². The van der Waals surface area contributed by atoms with Crippen LogP contribution >= 0.6 is 21.6 Å². The highest BCUT2D eigenvalue weighted by Crippen LogP contribution is 2.36. The Kier molecular flexibility index (Phi) is 10.1. The van der Waals surface area contributed by atoms with Crippen molar-refractivity contribution in [3.05, 3.63) is 22.1 Å². The van der Waals surface area contributed by atoms with Gasteiger partial charge in [0.15, 0.2) is 5.65 Å². The minimum absolute atomic E-state index is 0.0157. The molecule has 1 unspecified atom stereocenters. The van der Waals surface area contributed by atoms with Gasteiger partial charge in [-0.25, -0.2) is 4.99 Å². The van der Waals surface area contributed by atoms with Crippen LogP contribution in [0.5, 0.6) is 0 Å². The first-order valence-corrected chi connectivity index (χ1v) is 13.9. The highest BCUT2D eigenvalue weighted by molar-refractivity contribution is 8.76. The highest BCUT2D eigenvalue weighted by Gasteiger charge is 2.39. The number of aromatic nitrogens is 3. The monoisotopic (exact) mass is 576 g/mol. The van der Waals surface area contributed by atoms with E-state index in [2.05, 4.69) is 26.8 Å². The summed E-state index contributed by atoms with van der Waals surface area (Å²) in [6.07, 6.45) is -1.61. The van der Waals surface area contributed by atoms with Gasteiger partial charge in [-0.15, -0.1) is 0 Å². The molecule has 1 fully saturated rings. The van der Waals surface area contributed by atoms with Gasteiger partial charge in [-0.1, -0.05) is 33.4 Å². The summed E-state index contributed by atoms with van der Waals surface area (Å²) in [7, 11) is 6.54. The van der Waals surface area contributed by atoms with E-state index in [0.717, 1.165) is 0 Å². The van der Waals surface area contributed by atoms with Crippen molar-refractivity contribution in [3.63, 3.8) is 0 Å². The fourth-order valence-electron chi connectivity index (χ4n) is 3.64. The second kappa shape index (κ2) is 12.9. The number of H-pyrrole nitrogens is 1. The van der Waals surface area contributed by atoms with Gasteiger partial charge in [-0.2, -0.15) is 18.2 Å². The molecule has 0 spiro atoms. The fraction of sp³-hybridized carbons (Fsp3) is 0.545. The number of aromatic amines is 1. The second-order valence-corrected chi connectivity index (χ2v) is 11.0. The van der Waals surface area contributed by atoms with Gasteiger partial charge >= 0.3 is 12.1 Å². The van der Waals surface area contributed by atoms with Crippen LogP contribution in [0.2, 0.25) is 0 Å². The maximum Gasteiger partial charge on any atom is 0.471 e. The van der Waals surface area contributed by atoms with Gasteiger partial charge in [0.1, 0.15) is 17.8 Å². The summed E-state index contributed by atoms with van der Waals surface area (Å²) in [5, 5.41) is 11.6. The average molecular weight is 577 g/mol. The second-order valence-electron chi connectivity index (χ2n) is 8.28. The Morgan fingerprint density at radius 1 is 1.53 bits per heavy atom. The Hall–Kier alpha value is -2.71. The summed E-state index contributed by atoms with van der Waals surface area (Å²) in [6.45, 7) is 0.999. The van der Waals surface area contributed by atoms with Crippen LogP contribution in [0.15, 0.2) is 16.0 Å². The van der Waals surface area contributed by atoms with Gasteiger partial charge in [-0.05, 0) is 13.2 Å². The van der Waals surface area contributed by atoms with E-state index in [9.17, 15) is 27.9 Å². The number of carbonyl (C=O) groups is 1. The predicted octanol–water partition coefficient (Wildman–Crippen LogP) is 2.00. The van der Waals surface area contributed by atoms with Crippen LogP contribution < -0.4 is 10.9 Å². The lowest BCUT2D eigenvalue weighted by atomic mass is 10.2. The molecule has 1 aliphatic rings. The molecule has 1 amide bonds. The topological polar surface area (TPSA) is 134 Å². The third-order valence-corrected chi connectivity index (χ3v) is 7.13. The largest absolute Gasteiger partial charge is 0.471 e. The lowest BCUT2D eigenvalue weighted by Crippen LogP contribution is -2.36. The van der Waals surface area contributed by atoms with E-state index in [1.165, 1.54) is 23.3 Å². The number of aliphatic hydroxyl groups excluding tert-OH is 1. The summed E-state index contributed by atoms with van der Waals surface area (Å²) in [4.78, 5) is 36.8. The number of aliphatic hydroxyl groups is 1. The normalized spacial score (nSPS) is 20.5. The number of ether oxygens (including phenoxy) is 2. The SMILES string of the molecule is CSS[C@H](C)OC1C[C@H](n2cc(C#CCNC(=O)C(F)(F)F)c3c(=O)[nH]c(/N=C\N(C)C)nc32)O[C@@H]1CO. The smallest absolute Gasteiger partial charge is 0.394 e. The highest BCUT2D eigenvalue weighted by atomic mass is 33.1. The van der Waals surface area contributed by atoms with Gasteiger partial charge in [0.25, 0.3) is 5.56 Å². The maximum absolute atomic E-state index is 13.0. The molecule has 1 saturated heterocycles. The third-order valence-electron chi connectivity index (χ3n) is 5.17. The fourth-order valence-corrected chi connectivity index (χ4v) is 5.04. The van der Waals surface area contributed by atoms with Gasteiger partial charge in [0.2, 0.25) is 5.95 Å². The molecular weight excluding hydrogens is 549 g/mol. The zero-order chi connectivity index (χ0) is 28.0. The van der Waals surface area contributed by atoms with Crippen molar-refractivity contribution < 1.29 is 32.5 Å². The molecule has 3 heterocycles. The molecule has 2 aromatic heterocycles. The molecule has 11 nitrogen and oxygen atoms in total. The average Bonchev–Trinajstić information content (AvgIpc) is 3.41. The number of fused-ring (bicyclic) bond motifs is 1. The van der Waals surface area contributed by atoms with E-state index in [0.29, 0.717) is 6.42 Å². The van der Waals surface area contributed by atoms with E-state index >= 15 is 0 Å². The molecule has 3 N–H and O–H groups in total. The van der Waals surface area contributed by atoms with Crippen LogP contribution in [-0.4, -0.2) is 94.1 Å². The van der Waals surface area contributed by atoms with Gasteiger partial charge in [0.05, 0.1) is 36.5 Å². The van der Waals surface area contributed by atoms with Gasteiger partial charge < -0.3 is 29.4 Å². The molecule has 3 rings (SSSR count). The molecule has 0 saturated carbocycles. The zero-order valence-electron chi connectivity index (χ0n) is 20.9. The van der Waals surface area contributed by atoms with Crippen molar-refractivity contribution >= 4 is 50.8 Å². The third kappa shape index (κ3) is 7.44. The number of hydrogen-bond donors (Lipinski definition) is 3. The number of alkyl halides is 3. The lowest BCUT2D eigenvalue weighted by Gasteiger charge is -2.20. The van der Waals surface area contributed by atoms with Gasteiger partial charge in [-0.3, -0.25) is 14.6 Å². The molecule has 0 bridgehead atoms. The van der Waals surface area contributed by atoms with Crippen LogP contribution in [0, 0.1) is 11.8 Å². The van der Waals surface area contributed by atoms with Crippen molar-refractivity contribution in [2.24, 2.45) is 4.99 Å². The number of amides is 1. The van der Waals surface area contributed by atoms with E-state index in [-0.39, 0.29) is 34.6 Å². The molecule has 0 aliphatic carbocycles. The number of halogens is 3. The minimum Gasteiger partial charge on any atom is -0.394 e. The first-order chi connectivity index (χ1) is 17.9. The summed E-state index contributed by atoms with van der Waals surface area (Å²) < 4.78 is 50.9. The summed E-state index contributed by atoms with van der Waals surface area (Å²) in [5.41, 5.74) is -0.401. The predicted molar refractivity (Wildman–Crippen MR) is 139 cm³/mol. The number of rotatable bonds is 9.